The number of aryl methyl sites for hydroxylation is 2. The number of fused-ring (bicyclic) bond motifs is 1. The molecule has 416 valence electrons. The summed E-state index contributed by atoms with van der Waals surface area (Å²) in [5.74, 6) is 0.401. The molecule has 0 spiro atoms. The fourth-order valence-electron chi connectivity index (χ4n) is 9.21. The summed E-state index contributed by atoms with van der Waals surface area (Å²) in [4.78, 5) is 79.7. The second-order valence-corrected chi connectivity index (χ2v) is 23.2. The quantitative estimate of drug-likeness (QED) is 0.0552. The molecule has 2 saturated carbocycles. The van der Waals surface area contributed by atoms with Crippen molar-refractivity contribution in [2.45, 2.75) is 123 Å². The Morgan fingerprint density at radius 1 is 0.883 bits per heavy atom. The van der Waals surface area contributed by atoms with Crippen LogP contribution in [0.25, 0.3) is 31.8 Å². The van der Waals surface area contributed by atoms with Crippen molar-refractivity contribution in [1.82, 2.24) is 40.3 Å². The molecule has 0 unspecified atom stereocenters. The van der Waals surface area contributed by atoms with Crippen molar-refractivity contribution in [2.75, 3.05) is 76.6 Å². The zero-order valence-corrected chi connectivity index (χ0v) is 46.9. The van der Waals surface area contributed by atoms with E-state index in [0.29, 0.717) is 74.8 Å². The lowest BCUT2D eigenvalue weighted by Gasteiger charge is -2.34. The first-order valence-corrected chi connectivity index (χ1v) is 28.4. The molecule has 5 heterocycles. The molecule has 2 saturated heterocycles. The van der Waals surface area contributed by atoms with Gasteiger partial charge in [-0.2, -0.15) is 0 Å². The number of aliphatic hydroxyl groups is 1. The highest BCUT2D eigenvalue weighted by Gasteiger charge is 2.50. The summed E-state index contributed by atoms with van der Waals surface area (Å²) < 4.78 is 25.4. The highest BCUT2D eigenvalue weighted by molar-refractivity contribution is 7.22. The number of nitrogens with one attached hydrogen (secondary N) is 4. The van der Waals surface area contributed by atoms with E-state index >= 15 is 0 Å². The predicted octanol–water partition coefficient (Wildman–Crippen LogP) is 8.50. The van der Waals surface area contributed by atoms with E-state index in [1.54, 1.807) is 22.4 Å². The van der Waals surface area contributed by atoms with Gasteiger partial charge in [-0.05, 0) is 99.6 Å². The van der Waals surface area contributed by atoms with Gasteiger partial charge in [0, 0.05) is 96.1 Å². The van der Waals surface area contributed by atoms with Gasteiger partial charge in [0.25, 0.3) is 5.91 Å². The van der Waals surface area contributed by atoms with E-state index in [9.17, 15) is 33.5 Å². The number of aromatic nitrogens is 3. The second kappa shape index (κ2) is 27.5. The lowest BCUT2D eigenvalue weighted by atomic mass is 9.92. The number of piperazine rings is 1. The van der Waals surface area contributed by atoms with Crippen LogP contribution >= 0.6 is 22.7 Å². The van der Waals surface area contributed by atoms with E-state index < -0.39 is 17.7 Å². The molecule has 0 radical (unpaired) electrons. The number of thiazole rings is 2. The number of ether oxygens (including phenoxy) is 2. The molecular weight excluding hydrogens is 1020 g/mol. The first kappa shape index (κ1) is 58.6. The maximum Gasteiger partial charge on any atom is 0.411 e. The van der Waals surface area contributed by atoms with Crippen LogP contribution in [0.5, 0.6) is 5.75 Å². The maximum atomic E-state index is 13.0. The minimum absolute atomic E-state index is 0.0267. The Labute approximate surface area is 458 Å². The molecule has 4 aliphatic rings. The topological polar surface area (TPSA) is 221 Å². The van der Waals surface area contributed by atoms with Gasteiger partial charge in [0.05, 0.1) is 43.8 Å². The third-order valence-electron chi connectivity index (χ3n) is 13.9. The van der Waals surface area contributed by atoms with Crippen LogP contribution in [0.4, 0.5) is 20.0 Å². The van der Waals surface area contributed by atoms with Crippen molar-refractivity contribution in [1.29, 1.82) is 0 Å². The summed E-state index contributed by atoms with van der Waals surface area (Å²) in [5.41, 5.74) is 7.31. The van der Waals surface area contributed by atoms with Crippen LogP contribution in [0.1, 0.15) is 102 Å². The smallest absolute Gasteiger partial charge is 0.411 e. The molecule has 1 atom stereocenters. The van der Waals surface area contributed by atoms with Crippen molar-refractivity contribution in [2.24, 2.45) is 5.41 Å². The minimum Gasteiger partial charge on any atom is -0.492 e. The molecule has 2 aliphatic heterocycles. The average molecular weight is 1100 g/mol. The normalized spacial score (nSPS) is 17.5. The lowest BCUT2D eigenvalue weighted by Crippen LogP contribution is -2.48. The molecule has 5 aromatic rings. The van der Waals surface area contributed by atoms with Crippen LogP contribution in [-0.4, -0.2) is 149 Å². The molecule has 2 aliphatic carbocycles. The van der Waals surface area contributed by atoms with Crippen LogP contribution in [0.3, 0.4) is 0 Å². The number of halogens is 1. The van der Waals surface area contributed by atoms with Gasteiger partial charge >= 0.3 is 6.09 Å². The van der Waals surface area contributed by atoms with Gasteiger partial charge in [0.15, 0.2) is 10.8 Å². The highest BCUT2D eigenvalue weighted by atomic mass is 32.1. The van der Waals surface area contributed by atoms with Gasteiger partial charge in [-0.15, -0.1) is 11.3 Å². The number of pyridine rings is 1. The second-order valence-electron chi connectivity index (χ2n) is 21.3. The number of hydrogen-bond acceptors (Lipinski definition) is 15. The Morgan fingerprint density at radius 2 is 1.61 bits per heavy atom. The minimum atomic E-state index is -1.49. The first-order chi connectivity index (χ1) is 36.9. The van der Waals surface area contributed by atoms with Crippen LogP contribution in [0.2, 0.25) is 0 Å². The Bertz CT molecular complexity index is 2800. The Hall–Kier alpha value is -6.13. The van der Waals surface area contributed by atoms with Crippen molar-refractivity contribution < 1.29 is 42.9 Å². The third-order valence-corrected chi connectivity index (χ3v) is 15.8. The molecular formula is C56H75FN10O8S2. The van der Waals surface area contributed by atoms with Crippen LogP contribution < -0.4 is 26.0 Å². The summed E-state index contributed by atoms with van der Waals surface area (Å²) in [6.45, 7) is 17.2. The number of nitrogens with zero attached hydrogens (tertiary/aromatic N) is 6. The SMILES string of the molecule is CC(C)(C)CC(=O)N1CC[C@@H](O)C1.CNC(=O)C1(F)CC1.Cc1ncc(-c2ccc3nc(NC(=O)CCN4CCN(CCOc5cc(-c6scnc6C)ccc5CNC=O)CC4)sc3c2)cc1NC(=O)OC1CCCCC1. The zero-order chi connectivity index (χ0) is 55.1. The van der Waals surface area contributed by atoms with Crippen molar-refractivity contribution in [3.05, 3.63) is 71.1 Å². The number of carbonyl (C=O) groups is 5. The van der Waals surface area contributed by atoms with Gasteiger partial charge in [-0.3, -0.25) is 34.4 Å². The number of carbonyl (C=O) groups excluding carboxylic acids is 5. The fraction of sp³-hybridized carbons (Fsp3) is 0.536. The van der Waals surface area contributed by atoms with Crippen LogP contribution in [-0.2, 0) is 30.5 Å². The molecule has 5 amide bonds. The van der Waals surface area contributed by atoms with Crippen molar-refractivity contribution in [3.8, 4) is 27.3 Å². The Balaban J connectivity index is 0.000000339. The van der Waals surface area contributed by atoms with E-state index in [-0.39, 0.29) is 29.4 Å². The molecule has 4 fully saturated rings. The number of likely N-dealkylation sites (tertiary alicyclic amines) is 1. The summed E-state index contributed by atoms with van der Waals surface area (Å²) in [5, 5.41) is 20.7. The van der Waals surface area contributed by atoms with Gasteiger partial charge in [-0.1, -0.05) is 56.7 Å². The van der Waals surface area contributed by atoms with Crippen molar-refractivity contribution >= 4 is 73.9 Å². The number of rotatable bonds is 17. The predicted molar refractivity (Wildman–Crippen MR) is 300 cm³/mol. The Morgan fingerprint density at radius 3 is 2.25 bits per heavy atom. The molecule has 5 N–H and O–H groups in total. The molecule has 2 aromatic carbocycles. The number of hydrogen-bond donors (Lipinski definition) is 5. The van der Waals surface area contributed by atoms with Crippen LogP contribution in [0, 0.1) is 19.3 Å². The molecule has 21 heteroatoms. The Kier molecular flexibility index (Phi) is 20.9. The monoisotopic (exact) mass is 1100 g/mol. The zero-order valence-electron chi connectivity index (χ0n) is 45.3. The van der Waals surface area contributed by atoms with E-state index in [4.69, 9.17) is 9.47 Å². The standard InChI is InChI=1S/C41H48N8O5S2.C10H19NO2.C5H8FNO/c1-27-35(46-41(52)54-33-6-4-3-5-7-33)20-32(24-43-27)29-10-11-34-37(22-29)56-40(45-34)47-38(51)12-13-48-14-16-49(17-15-48)18-19-53-36-21-30(39-28(2)44-26-55-39)8-9-31(36)23-42-25-50;1-10(2,3)6-9(13)11-5-4-8(12)7-11;1-7-4(8)5(6)2-3-5/h8-11,20-22,24-26,33H,3-7,12-19,23H2,1-2H3,(H,42,50)(H,46,52)(H,45,47,51);8,12H,4-7H2,1-3H3;2-3H2,1H3,(H,7,8)/t;8-;/m.1./s1. The van der Waals surface area contributed by atoms with Gasteiger partial charge < -0.3 is 40.3 Å². The lowest BCUT2D eigenvalue weighted by molar-refractivity contribution is -0.132. The van der Waals surface area contributed by atoms with E-state index in [1.165, 1.54) is 24.8 Å². The van der Waals surface area contributed by atoms with Crippen molar-refractivity contribution in [3.63, 3.8) is 0 Å². The summed E-state index contributed by atoms with van der Waals surface area (Å²) >= 11 is 3.04. The van der Waals surface area contributed by atoms with E-state index in [1.807, 2.05) is 61.8 Å². The number of amides is 5. The van der Waals surface area contributed by atoms with Gasteiger partial charge in [0.1, 0.15) is 18.5 Å². The largest absolute Gasteiger partial charge is 0.492 e. The van der Waals surface area contributed by atoms with E-state index in [2.05, 4.69) is 66.8 Å². The molecule has 3 aromatic heterocycles. The number of anilines is 2. The molecule has 9 rings (SSSR count). The van der Waals surface area contributed by atoms with Gasteiger partial charge in [-0.25, -0.2) is 19.2 Å². The average Bonchev–Trinajstić information content (AvgIpc) is 3.66. The molecule has 77 heavy (non-hydrogen) atoms. The number of aliphatic hydroxyl groups excluding tert-OH is 1. The summed E-state index contributed by atoms with van der Waals surface area (Å²) in [6.07, 6.45) is 9.40. The summed E-state index contributed by atoms with van der Waals surface area (Å²) in [7, 11) is 1.45. The highest BCUT2D eigenvalue weighted by Crippen LogP contribution is 2.39. The number of β-amino-alcohol motifs (C(OH)–C–C–N with tert-alkyl or cyclic N) is 1. The fourth-order valence-corrected chi connectivity index (χ4v) is 10.9. The first-order valence-electron chi connectivity index (χ1n) is 26.7. The van der Waals surface area contributed by atoms with E-state index in [0.717, 1.165) is 120 Å². The number of benzene rings is 2. The summed E-state index contributed by atoms with van der Waals surface area (Å²) in [6, 6.07) is 13.9. The number of alkyl halides is 1. The molecule has 18 nitrogen and oxygen atoms in total. The third kappa shape index (κ3) is 17.7. The van der Waals surface area contributed by atoms with Gasteiger partial charge in [0.2, 0.25) is 18.2 Å². The maximum absolute atomic E-state index is 13.0. The molecule has 0 bridgehead atoms. The van der Waals surface area contributed by atoms with Crippen LogP contribution in [0.15, 0.2) is 54.2 Å².